The Hall–Kier alpha value is -7.23. The summed E-state index contributed by atoms with van der Waals surface area (Å²) in [6, 6.07) is 73.0. The molecule has 2 heterocycles. The topological polar surface area (TPSA) is 9.86 Å². The van der Waals surface area contributed by atoms with Crippen molar-refractivity contribution in [3.63, 3.8) is 0 Å². The van der Waals surface area contributed by atoms with Gasteiger partial charge in [-0.2, -0.15) is 0 Å². The molecule has 0 N–H and O–H groups in total. The Labute approximate surface area is 347 Å². The van der Waals surface area contributed by atoms with Gasteiger partial charge in [0.2, 0.25) is 0 Å². The number of nitrogens with zero attached hydrogens (tertiary/aromatic N) is 2. The fourth-order valence-corrected chi connectivity index (χ4v) is 9.60. The lowest BCUT2D eigenvalue weighted by Crippen LogP contribution is -2.35. The first-order valence-corrected chi connectivity index (χ1v) is 20.5. The number of benzene rings is 9. The molecule has 0 bridgehead atoms. The second-order valence-corrected chi connectivity index (χ2v) is 15.8. The second kappa shape index (κ2) is 14.0. The maximum absolute atomic E-state index is 2.46. The quantitative estimate of drug-likeness (QED) is 0.150. The molecule has 59 heavy (non-hydrogen) atoms. The number of rotatable bonds is 6. The second-order valence-electron chi connectivity index (χ2n) is 15.8. The van der Waals surface area contributed by atoms with E-state index in [4.69, 9.17) is 0 Å². The fourth-order valence-electron chi connectivity index (χ4n) is 9.60. The van der Waals surface area contributed by atoms with E-state index in [1.807, 2.05) is 0 Å². The molecule has 0 saturated heterocycles. The van der Waals surface area contributed by atoms with Crippen molar-refractivity contribution in [3.8, 4) is 55.9 Å². The van der Waals surface area contributed by atoms with Crippen LogP contribution >= 0.6 is 0 Å². The van der Waals surface area contributed by atoms with E-state index < -0.39 is 0 Å². The molecule has 0 fully saturated rings. The molecular weight excluding hydrogens is 709 g/mol. The molecule has 2 nitrogen and oxygen atoms in total. The number of hydrogen-bond donors (Lipinski definition) is 0. The minimum atomic E-state index is 1.14. The highest BCUT2D eigenvalue weighted by atomic mass is 15.0. The minimum absolute atomic E-state index is 1.14. The third kappa shape index (κ3) is 5.68. The van der Waals surface area contributed by atoms with Crippen molar-refractivity contribution in [1.29, 1.82) is 0 Å². The molecule has 0 saturated carbocycles. The van der Waals surface area contributed by atoms with Gasteiger partial charge in [0, 0.05) is 38.4 Å². The van der Waals surface area contributed by atoms with Gasteiger partial charge in [0.05, 0.1) is 16.6 Å². The highest BCUT2D eigenvalue weighted by Gasteiger charge is 2.22. The molecule has 0 spiro atoms. The molecule has 0 aliphatic rings. The zero-order chi connectivity index (χ0) is 39.6. The van der Waals surface area contributed by atoms with Crippen LogP contribution in [-0.2, 0) is 0 Å². The van der Waals surface area contributed by atoms with E-state index in [0.717, 1.165) is 5.69 Å². The summed E-state index contributed by atoms with van der Waals surface area (Å²) >= 11 is 0. The lowest BCUT2D eigenvalue weighted by atomic mass is 9.69. The van der Waals surface area contributed by atoms with E-state index in [2.05, 4.69) is 233 Å². The van der Waals surface area contributed by atoms with Crippen molar-refractivity contribution in [1.82, 2.24) is 9.13 Å². The van der Waals surface area contributed by atoms with Gasteiger partial charge in [-0.3, -0.25) is 0 Å². The SMILES string of the molecule is Bc1c(-c2ccc3c(c2)c2cc(-c4ccccc4)ccc2n3-c2ccc(-c3cccc(-c4ccccc4)c3)cc2)c(B)c2c3ccccc3n(-c3ccccc3)c2c1B. The monoisotopic (exact) mass is 748 g/mol. The van der Waals surface area contributed by atoms with Gasteiger partial charge in [0.15, 0.2) is 0 Å². The van der Waals surface area contributed by atoms with Crippen molar-refractivity contribution < 1.29 is 0 Å². The summed E-state index contributed by atoms with van der Waals surface area (Å²) in [5, 5.41) is 5.11. The standard InChI is InChI=1S/C54H39B3N2/c55-51-49(52(56)53(57)54-50(51)43-21-10-11-22-46(43)59(54)41-19-8-3-9-20-41)40-26-30-48-45(33-40)44-32-39(35-15-6-2-7-16-35)25-29-47(44)58(48)42-27-23-36(24-28-42)38-18-12-17-37(31-38)34-13-4-1-5-14-34/h1-33H,55-57H2. The Morgan fingerprint density at radius 3 is 1.39 bits per heavy atom. The molecule has 0 aliphatic heterocycles. The van der Waals surface area contributed by atoms with Crippen LogP contribution in [0.2, 0.25) is 0 Å². The summed E-state index contributed by atoms with van der Waals surface area (Å²) in [7, 11) is 6.93. The maximum Gasteiger partial charge on any atom is 0.141 e. The molecule has 0 atom stereocenters. The lowest BCUT2D eigenvalue weighted by Gasteiger charge is -2.18. The van der Waals surface area contributed by atoms with E-state index in [1.165, 1.54) is 110 Å². The predicted octanol–water partition coefficient (Wildman–Crippen LogP) is 9.32. The molecule has 11 aromatic rings. The van der Waals surface area contributed by atoms with Crippen LogP contribution in [0.5, 0.6) is 0 Å². The molecule has 9 aromatic carbocycles. The fraction of sp³-hybridized carbons (Fsp3) is 0. The normalized spacial score (nSPS) is 11.6. The smallest absolute Gasteiger partial charge is 0.141 e. The van der Waals surface area contributed by atoms with Crippen molar-refractivity contribution in [2.75, 3.05) is 0 Å². The molecule has 5 heteroatoms. The van der Waals surface area contributed by atoms with Crippen molar-refractivity contribution in [3.05, 3.63) is 200 Å². The molecule has 11 rings (SSSR count). The van der Waals surface area contributed by atoms with E-state index >= 15 is 0 Å². The summed E-state index contributed by atoms with van der Waals surface area (Å²) in [5.74, 6) is 0. The van der Waals surface area contributed by atoms with Crippen molar-refractivity contribution in [2.45, 2.75) is 0 Å². The molecule has 2 aromatic heterocycles. The van der Waals surface area contributed by atoms with Crippen LogP contribution in [0.3, 0.4) is 0 Å². The summed E-state index contributed by atoms with van der Waals surface area (Å²) < 4.78 is 4.89. The first-order valence-electron chi connectivity index (χ1n) is 20.5. The first kappa shape index (κ1) is 35.0. The minimum Gasteiger partial charge on any atom is -0.310 e. The van der Waals surface area contributed by atoms with Gasteiger partial charge in [-0.15, -0.1) is 0 Å². The third-order valence-corrected chi connectivity index (χ3v) is 12.5. The summed E-state index contributed by atoms with van der Waals surface area (Å²) in [4.78, 5) is 0. The Bertz CT molecular complexity index is 3390. The number of hydrogen-bond acceptors (Lipinski definition) is 0. The van der Waals surface area contributed by atoms with Gasteiger partial charge in [-0.1, -0.05) is 156 Å². The van der Waals surface area contributed by atoms with Gasteiger partial charge in [-0.05, 0) is 105 Å². The highest BCUT2D eigenvalue weighted by Crippen LogP contribution is 2.38. The third-order valence-electron chi connectivity index (χ3n) is 12.5. The summed E-state index contributed by atoms with van der Waals surface area (Å²) in [5.41, 5.74) is 21.0. The summed E-state index contributed by atoms with van der Waals surface area (Å²) in [6.45, 7) is 0. The molecule has 0 amide bonds. The van der Waals surface area contributed by atoms with Gasteiger partial charge in [-0.25, -0.2) is 0 Å². The molecule has 0 aliphatic carbocycles. The number of para-hydroxylation sites is 2. The van der Waals surface area contributed by atoms with Crippen molar-refractivity contribution >= 4 is 83.5 Å². The van der Waals surface area contributed by atoms with Gasteiger partial charge >= 0.3 is 0 Å². The van der Waals surface area contributed by atoms with Crippen LogP contribution in [0.1, 0.15) is 0 Å². The van der Waals surface area contributed by atoms with Crippen LogP contribution in [-0.4, -0.2) is 32.7 Å². The predicted molar refractivity (Wildman–Crippen MR) is 261 cm³/mol. The van der Waals surface area contributed by atoms with Crippen LogP contribution in [0.4, 0.5) is 0 Å². The zero-order valence-electron chi connectivity index (χ0n) is 33.4. The molecule has 0 radical (unpaired) electrons. The highest BCUT2D eigenvalue weighted by molar-refractivity contribution is 6.60. The first-order chi connectivity index (χ1) is 29.0. The molecule has 0 unspecified atom stereocenters. The van der Waals surface area contributed by atoms with E-state index in [-0.39, 0.29) is 0 Å². The number of aromatic nitrogens is 2. The summed E-state index contributed by atoms with van der Waals surface area (Å²) in [6.07, 6.45) is 0. The zero-order valence-corrected chi connectivity index (χ0v) is 33.4. The van der Waals surface area contributed by atoms with Crippen molar-refractivity contribution in [2.24, 2.45) is 0 Å². The van der Waals surface area contributed by atoms with Crippen LogP contribution in [0.15, 0.2) is 200 Å². The maximum atomic E-state index is 2.46. The molecule has 274 valence electrons. The van der Waals surface area contributed by atoms with Gasteiger partial charge in [0.1, 0.15) is 23.5 Å². The lowest BCUT2D eigenvalue weighted by molar-refractivity contribution is 1.18. The Balaban J connectivity index is 1.10. The van der Waals surface area contributed by atoms with Crippen LogP contribution < -0.4 is 16.4 Å². The Morgan fingerprint density at radius 2 is 0.746 bits per heavy atom. The molecular formula is C54H39B3N2. The van der Waals surface area contributed by atoms with Gasteiger partial charge in [0.25, 0.3) is 0 Å². The van der Waals surface area contributed by atoms with E-state index in [9.17, 15) is 0 Å². The number of fused-ring (bicyclic) bond motifs is 6. The van der Waals surface area contributed by atoms with Gasteiger partial charge < -0.3 is 9.13 Å². The van der Waals surface area contributed by atoms with E-state index in [0.29, 0.717) is 0 Å². The Kier molecular flexibility index (Phi) is 8.30. The largest absolute Gasteiger partial charge is 0.310 e. The van der Waals surface area contributed by atoms with Crippen LogP contribution in [0, 0.1) is 0 Å². The Morgan fingerprint density at radius 1 is 0.288 bits per heavy atom. The van der Waals surface area contributed by atoms with E-state index in [1.54, 1.807) is 0 Å². The average Bonchev–Trinajstić information content (AvgIpc) is 3.82. The van der Waals surface area contributed by atoms with Crippen LogP contribution in [0.25, 0.3) is 99.5 Å². The average molecular weight is 748 g/mol.